The fourth-order valence-corrected chi connectivity index (χ4v) is 3.30. The van der Waals surface area contributed by atoms with Gasteiger partial charge < -0.3 is 15.0 Å². The minimum absolute atomic E-state index is 0. The van der Waals surface area contributed by atoms with Gasteiger partial charge in [0.2, 0.25) is 0 Å². The Morgan fingerprint density at radius 1 is 1.15 bits per heavy atom. The fourth-order valence-electron chi connectivity index (χ4n) is 3.30. The number of fused-ring (bicyclic) bond motifs is 2. The van der Waals surface area contributed by atoms with Crippen molar-refractivity contribution < 1.29 is 4.74 Å². The number of nitrogens with one attached hydrogen (secondary N) is 1. The van der Waals surface area contributed by atoms with Crippen molar-refractivity contribution in [1.29, 1.82) is 0 Å². The van der Waals surface area contributed by atoms with E-state index in [9.17, 15) is 0 Å². The van der Waals surface area contributed by atoms with E-state index in [1.165, 1.54) is 44.5 Å². The molecule has 1 aromatic rings. The maximum Gasteiger partial charge on any atom is 0.118 e. The third-order valence-corrected chi connectivity index (χ3v) is 4.48. The zero-order valence-electron chi connectivity index (χ0n) is 12.2. The third kappa shape index (κ3) is 3.87. The molecule has 2 unspecified atom stereocenters. The molecule has 2 fully saturated rings. The molecule has 112 valence electrons. The van der Waals surface area contributed by atoms with E-state index in [1.54, 1.807) is 7.11 Å². The lowest BCUT2D eigenvalue weighted by Gasteiger charge is -2.23. The second-order valence-corrected chi connectivity index (χ2v) is 5.83. The summed E-state index contributed by atoms with van der Waals surface area (Å²) in [6.45, 7) is 3.66. The van der Waals surface area contributed by atoms with Gasteiger partial charge in [0.15, 0.2) is 0 Å². The SMILES string of the molecule is COc1ccc(CCN2CCC3CCC(C2)N3)cc1.Cl. The van der Waals surface area contributed by atoms with Crippen molar-refractivity contribution in [1.82, 2.24) is 10.2 Å². The Kier molecular flexibility index (Phi) is 5.70. The van der Waals surface area contributed by atoms with Gasteiger partial charge in [0, 0.05) is 25.2 Å². The molecule has 2 heterocycles. The standard InChI is InChI=1S/C16H24N2O.ClH/c1-19-16-6-2-13(3-7-16)8-10-18-11-9-14-4-5-15(12-18)17-14;/h2-3,6-7,14-15,17H,4-5,8-12H2,1H3;1H. The van der Waals surface area contributed by atoms with E-state index in [2.05, 4.69) is 34.5 Å². The highest BCUT2D eigenvalue weighted by Crippen LogP contribution is 2.20. The Morgan fingerprint density at radius 3 is 2.65 bits per heavy atom. The molecule has 2 aliphatic rings. The molecule has 0 amide bonds. The second-order valence-electron chi connectivity index (χ2n) is 5.83. The number of ether oxygens (including phenoxy) is 1. The summed E-state index contributed by atoms with van der Waals surface area (Å²) in [7, 11) is 1.72. The first-order valence-corrected chi connectivity index (χ1v) is 7.45. The first kappa shape index (κ1) is 15.6. The molecule has 3 nitrogen and oxygen atoms in total. The summed E-state index contributed by atoms with van der Waals surface area (Å²) in [6.07, 6.45) is 5.21. The lowest BCUT2D eigenvalue weighted by Crippen LogP contribution is -2.36. The zero-order chi connectivity index (χ0) is 13.1. The molecule has 2 saturated heterocycles. The van der Waals surface area contributed by atoms with Crippen molar-refractivity contribution in [3.63, 3.8) is 0 Å². The Hall–Kier alpha value is -0.770. The minimum Gasteiger partial charge on any atom is -0.497 e. The van der Waals surface area contributed by atoms with Gasteiger partial charge in [-0.15, -0.1) is 12.4 Å². The Balaban J connectivity index is 0.00000147. The van der Waals surface area contributed by atoms with E-state index in [0.29, 0.717) is 0 Å². The van der Waals surface area contributed by atoms with Gasteiger partial charge in [-0.05, 0) is 49.9 Å². The molecular weight excluding hydrogens is 272 g/mol. The number of rotatable bonds is 4. The number of benzene rings is 1. The van der Waals surface area contributed by atoms with E-state index in [4.69, 9.17) is 4.74 Å². The van der Waals surface area contributed by atoms with Crippen LogP contribution in [0.2, 0.25) is 0 Å². The van der Waals surface area contributed by atoms with Gasteiger partial charge in [-0.2, -0.15) is 0 Å². The maximum absolute atomic E-state index is 5.19. The predicted molar refractivity (Wildman–Crippen MR) is 84.9 cm³/mol. The number of halogens is 1. The fraction of sp³-hybridized carbons (Fsp3) is 0.625. The van der Waals surface area contributed by atoms with Crippen LogP contribution in [0.1, 0.15) is 24.8 Å². The largest absolute Gasteiger partial charge is 0.497 e. The van der Waals surface area contributed by atoms with E-state index >= 15 is 0 Å². The van der Waals surface area contributed by atoms with Crippen LogP contribution in [0.15, 0.2) is 24.3 Å². The summed E-state index contributed by atoms with van der Waals surface area (Å²) in [5.41, 5.74) is 1.41. The highest BCUT2D eigenvalue weighted by molar-refractivity contribution is 5.85. The van der Waals surface area contributed by atoms with Gasteiger partial charge in [0.05, 0.1) is 7.11 Å². The first-order chi connectivity index (χ1) is 9.33. The van der Waals surface area contributed by atoms with Gasteiger partial charge in [0.1, 0.15) is 5.75 Å². The third-order valence-electron chi connectivity index (χ3n) is 4.48. The average Bonchev–Trinajstić information content (AvgIpc) is 2.78. The molecule has 2 aliphatic heterocycles. The summed E-state index contributed by atoms with van der Waals surface area (Å²) < 4.78 is 5.19. The van der Waals surface area contributed by atoms with E-state index < -0.39 is 0 Å². The number of hydrogen-bond donors (Lipinski definition) is 1. The van der Waals surface area contributed by atoms with Gasteiger partial charge in [-0.25, -0.2) is 0 Å². The maximum atomic E-state index is 5.19. The summed E-state index contributed by atoms with van der Waals surface area (Å²) in [5, 5.41) is 3.74. The molecule has 0 spiro atoms. The van der Waals surface area contributed by atoms with Crippen molar-refractivity contribution in [3.05, 3.63) is 29.8 Å². The molecule has 1 N–H and O–H groups in total. The quantitative estimate of drug-likeness (QED) is 0.924. The number of nitrogens with zero attached hydrogens (tertiary/aromatic N) is 1. The van der Waals surface area contributed by atoms with Crippen LogP contribution in [0.5, 0.6) is 5.75 Å². The first-order valence-electron chi connectivity index (χ1n) is 7.45. The van der Waals surface area contributed by atoms with Crippen molar-refractivity contribution >= 4 is 12.4 Å². The molecule has 1 aromatic carbocycles. The summed E-state index contributed by atoms with van der Waals surface area (Å²) >= 11 is 0. The van der Waals surface area contributed by atoms with Gasteiger partial charge in [-0.1, -0.05) is 12.1 Å². The molecule has 0 radical (unpaired) electrons. The molecule has 0 saturated carbocycles. The van der Waals surface area contributed by atoms with Crippen molar-refractivity contribution in [2.75, 3.05) is 26.7 Å². The molecule has 0 aromatic heterocycles. The van der Waals surface area contributed by atoms with Crippen molar-refractivity contribution in [2.24, 2.45) is 0 Å². The number of methoxy groups -OCH3 is 1. The van der Waals surface area contributed by atoms with E-state index in [-0.39, 0.29) is 12.4 Å². The van der Waals surface area contributed by atoms with Gasteiger partial charge in [0.25, 0.3) is 0 Å². The monoisotopic (exact) mass is 296 g/mol. The van der Waals surface area contributed by atoms with Crippen molar-refractivity contribution in [2.45, 2.75) is 37.8 Å². The van der Waals surface area contributed by atoms with E-state index in [0.717, 1.165) is 24.3 Å². The van der Waals surface area contributed by atoms with E-state index in [1.807, 2.05) is 0 Å². The van der Waals surface area contributed by atoms with Crippen LogP contribution in [0, 0.1) is 0 Å². The van der Waals surface area contributed by atoms with Crippen LogP contribution in [-0.2, 0) is 6.42 Å². The van der Waals surface area contributed by atoms with Crippen LogP contribution in [-0.4, -0.2) is 43.7 Å². The highest BCUT2D eigenvalue weighted by atomic mass is 35.5. The minimum atomic E-state index is 0. The van der Waals surface area contributed by atoms with Crippen molar-refractivity contribution in [3.8, 4) is 5.75 Å². The summed E-state index contributed by atoms with van der Waals surface area (Å²) in [5.74, 6) is 0.944. The van der Waals surface area contributed by atoms with Crippen LogP contribution in [0.4, 0.5) is 0 Å². The molecule has 0 aliphatic carbocycles. The van der Waals surface area contributed by atoms with Crippen LogP contribution in [0.3, 0.4) is 0 Å². The summed E-state index contributed by atoms with van der Waals surface area (Å²) in [6, 6.07) is 10.0. The molecule has 2 atom stereocenters. The number of hydrogen-bond acceptors (Lipinski definition) is 3. The Labute approximate surface area is 128 Å². The smallest absolute Gasteiger partial charge is 0.118 e. The lowest BCUT2D eigenvalue weighted by atomic mass is 10.1. The molecule has 2 bridgehead atoms. The number of likely N-dealkylation sites (tertiary alicyclic amines) is 1. The molecule has 3 rings (SSSR count). The Morgan fingerprint density at radius 2 is 1.90 bits per heavy atom. The zero-order valence-corrected chi connectivity index (χ0v) is 13.0. The highest BCUT2D eigenvalue weighted by Gasteiger charge is 2.28. The summed E-state index contributed by atoms with van der Waals surface area (Å²) in [4.78, 5) is 2.63. The molecule has 4 heteroatoms. The van der Waals surface area contributed by atoms with Crippen LogP contribution >= 0.6 is 12.4 Å². The Bertz CT molecular complexity index is 409. The normalized spacial score (nSPS) is 25.9. The predicted octanol–water partition coefficient (Wildman–Crippen LogP) is 2.49. The van der Waals surface area contributed by atoms with Gasteiger partial charge in [-0.3, -0.25) is 0 Å². The topological polar surface area (TPSA) is 24.5 Å². The van der Waals surface area contributed by atoms with Crippen LogP contribution in [0.25, 0.3) is 0 Å². The second kappa shape index (κ2) is 7.30. The molecular formula is C16H25ClN2O. The van der Waals surface area contributed by atoms with Gasteiger partial charge >= 0.3 is 0 Å². The molecule has 20 heavy (non-hydrogen) atoms. The van der Waals surface area contributed by atoms with Crippen LogP contribution < -0.4 is 10.1 Å². The average molecular weight is 297 g/mol. The lowest BCUT2D eigenvalue weighted by molar-refractivity contribution is 0.262.